The van der Waals surface area contributed by atoms with E-state index in [1.807, 2.05) is 12.1 Å². The minimum absolute atomic E-state index is 0.0145. The quantitative estimate of drug-likeness (QED) is 0.772. The minimum Gasteiger partial charge on any atom is -0.313 e. The lowest BCUT2D eigenvalue weighted by atomic mass is 9.81. The highest BCUT2D eigenvalue weighted by atomic mass is 19.1. The molecule has 1 N–H and O–H groups in total. The summed E-state index contributed by atoms with van der Waals surface area (Å²) >= 11 is 0. The van der Waals surface area contributed by atoms with Gasteiger partial charge < -0.3 is 5.32 Å². The topological polar surface area (TPSA) is 12.0 Å². The van der Waals surface area contributed by atoms with E-state index in [2.05, 4.69) is 5.32 Å². The minimum atomic E-state index is -0.0145. The second kappa shape index (κ2) is 6.71. The molecular formula is C18H26FN. The van der Waals surface area contributed by atoms with E-state index in [0.29, 0.717) is 17.9 Å². The summed E-state index contributed by atoms with van der Waals surface area (Å²) in [6, 6.07) is 8.11. The number of nitrogens with one attached hydrogen (secondary N) is 1. The first-order valence-corrected chi connectivity index (χ1v) is 8.32. The molecule has 3 rings (SSSR count). The predicted molar refractivity (Wildman–Crippen MR) is 81.4 cm³/mol. The van der Waals surface area contributed by atoms with Gasteiger partial charge in [0.05, 0.1) is 0 Å². The lowest BCUT2D eigenvalue weighted by Gasteiger charge is -2.27. The zero-order valence-electron chi connectivity index (χ0n) is 12.3. The average Bonchev–Trinajstić information content (AvgIpc) is 3.28. The molecule has 2 aliphatic carbocycles. The molecule has 2 heteroatoms. The van der Waals surface area contributed by atoms with Gasteiger partial charge in [-0.15, -0.1) is 0 Å². The van der Waals surface area contributed by atoms with Crippen molar-refractivity contribution in [2.45, 2.75) is 63.3 Å². The molecule has 0 heterocycles. The highest BCUT2D eigenvalue weighted by molar-refractivity contribution is 5.23. The largest absolute Gasteiger partial charge is 0.313 e. The van der Waals surface area contributed by atoms with E-state index in [-0.39, 0.29) is 5.82 Å². The van der Waals surface area contributed by atoms with Gasteiger partial charge in [0.1, 0.15) is 5.82 Å². The number of rotatable bonds is 5. The first-order valence-electron chi connectivity index (χ1n) is 8.32. The molecule has 0 aromatic heterocycles. The molecule has 2 fully saturated rings. The van der Waals surface area contributed by atoms with Crippen molar-refractivity contribution in [3.63, 3.8) is 0 Å². The molecule has 110 valence electrons. The van der Waals surface area contributed by atoms with E-state index < -0.39 is 0 Å². The third-order valence-electron chi connectivity index (χ3n) is 4.98. The first kappa shape index (κ1) is 14.1. The molecule has 1 atom stereocenters. The third-order valence-corrected chi connectivity index (χ3v) is 4.98. The van der Waals surface area contributed by atoms with Crippen LogP contribution < -0.4 is 5.32 Å². The average molecular weight is 275 g/mol. The summed E-state index contributed by atoms with van der Waals surface area (Å²) in [6.45, 7) is 0.955. The molecular weight excluding hydrogens is 249 g/mol. The van der Waals surface area contributed by atoms with Gasteiger partial charge in [-0.2, -0.15) is 0 Å². The van der Waals surface area contributed by atoms with Crippen molar-refractivity contribution in [3.8, 4) is 0 Å². The van der Waals surface area contributed by atoms with Gasteiger partial charge in [-0.1, -0.05) is 43.9 Å². The van der Waals surface area contributed by atoms with Crippen molar-refractivity contribution in [2.75, 3.05) is 6.54 Å². The maximum Gasteiger partial charge on any atom is 0.126 e. The number of hydrogen-bond donors (Lipinski definition) is 1. The molecule has 2 aliphatic rings. The Morgan fingerprint density at radius 2 is 1.70 bits per heavy atom. The molecule has 20 heavy (non-hydrogen) atoms. The Hall–Kier alpha value is -0.890. The standard InChI is InChI=1S/C18H26FN/c19-18-10-6-5-9-16(18)17(13-20-15-11-12-15)14-7-3-1-2-4-8-14/h5-6,9-10,14-15,17,20H,1-4,7-8,11-13H2. The van der Waals surface area contributed by atoms with Crippen molar-refractivity contribution < 1.29 is 4.39 Å². The maximum absolute atomic E-state index is 14.2. The zero-order valence-corrected chi connectivity index (χ0v) is 12.3. The lowest BCUT2D eigenvalue weighted by molar-refractivity contribution is 0.352. The van der Waals surface area contributed by atoms with Crippen LogP contribution in [0.4, 0.5) is 4.39 Å². The van der Waals surface area contributed by atoms with Crippen molar-refractivity contribution in [1.29, 1.82) is 0 Å². The summed E-state index contributed by atoms with van der Waals surface area (Å²) in [7, 11) is 0. The van der Waals surface area contributed by atoms with Gasteiger partial charge in [-0.3, -0.25) is 0 Å². The fourth-order valence-corrected chi connectivity index (χ4v) is 3.60. The molecule has 0 bridgehead atoms. The van der Waals surface area contributed by atoms with Gasteiger partial charge in [-0.25, -0.2) is 4.39 Å². The van der Waals surface area contributed by atoms with Crippen molar-refractivity contribution >= 4 is 0 Å². The Labute approximate surface area is 122 Å². The second-order valence-corrected chi connectivity index (χ2v) is 6.56. The number of halogens is 1. The summed E-state index contributed by atoms with van der Waals surface area (Å²) in [4.78, 5) is 0. The Morgan fingerprint density at radius 3 is 2.35 bits per heavy atom. The number of benzene rings is 1. The molecule has 0 radical (unpaired) electrons. The normalized spacial score (nSPS) is 22.4. The van der Waals surface area contributed by atoms with E-state index in [1.165, 1.54) is 51.4 Å². The molecule has 1 aromatic carbocycles. The van der Waals surface area contributed by atoms with Crippen molar-refractivity contribution in [1.82, 2.24) is 5.32 Å². The highest BCUT2D eigenvalue weighted by Gasteiger charge is 2.28. The van der Waals surface area contributed by atoms with E-state index in [9.17, 15) is 4.39 Å². The van der Waals surface area contributed by atoms with Gasteiger partial charge in [0.2, 0.25) is 0 Å². The Morgan fingerprint density at radius 1 is 1.00 bits per heavy atom. The Balaban J connectivity index is 1.76. The second-order valence-electron chi connectivity index (χ2n) is 6.56. The van der Waals surface area contributed by atoms with Gasteiger partial charge in [0.15, 0.2) is 0 Å². The van der Waals surface area contributed by atoms with Crippen LogP contribution in [0.15, 0.2) is 24.3 Å². The summed E-state index contributed by atoms with van der Waals surface area (Å²) in [5.41, 5.74) is 0.938. The van der Waals surface area contributed by atoms with Crippen LogP contribution in [0, 0.1) is 11.7 Å². The highest BCUT2D eigenvalue weighted by Crippen LogP contribution is 2.36. The van der Waals surface area contributed by atoms with Crippen molar-refractivity contribution in [3.05, 3.63) is 35.6 Å². The van der Waals surface area contributed by atoms with Gasteiger partial charge in [0, 0.05) is 18.5 Å². The smallest absolute Gasteiger partial charge is 0.126 e. The van der Waals surface area contributed by atoms with Crippen LogP contribution in [0.1, 0.15) is 62.8 Å². The molecule has 0 amide bonds. The molecule has 0 spiro atoms. The number of hydrogen-bond acceptors (Lipinski definition) is 1. The van der Waals surface area contributed by atoms with Gasteiger partial charge >= 0.3 is 0 Å². The van der Waals surface area contributed by atoms with Crippen LogP contribution >= 0.6 is 0 Å². The van der Waals surface area contributed by atoms with E-state index in [4.69, 9.17) is 0 Å². The van der Waals surface area contributed by atoms with Crippen LogP contribution in [0.2, 0.25) is 0 Å². The monoisotopic (exact) mass is 275 g/mol. The lowest BCUT2D eigenvalue weighted by Crippen LogP contribution is -2.28. The van der Waals surface area contributed by atoms with Crippen LogP contribution in [0.25, 0.3) is 0 Å². The third kappa shape index (κ3) is 3.60. The van der Waals surface area contributed by atoms with Gasteiger partial charge in [-0.05, 0) is 43.2 Å². The molecule has 0 aliphatic heterocycles. The molecule has 1 nitrogen and oxygen atoms in total. The first-order chi connectivity index (χ1) is 9.84. The van der Waals surface area contributed by atoms with Crippen LogP contribution in [0.5, 0.6) is 0 Å². The summed E-state index contributed by atoms with van der Waals surface area (Å²) in [5.74, 6) is 0.995. The molecule has 1 aromatic rings. The molecule has 2 saturated carbocycles. The van der Waals surface area contributed by atoms with E-state index >= 15 is 0 Å². The maximum atomic E-state index is 14.2. The summed E-state index contributed by atoms with van der Waals surface area (Å²) < 4.78 is 14.2. The summed E-state index contributed by atoms with van der Waals surface area (Å²) in [5, 5.41) is 3.63. The Kier molecular flexibility index (Phi) is 4.72. The summed E-state index contributed by atoms with van der Waals surface area (Å²) in [6.07, 6.45) is 10.5. The van der Waals surface area contributed by atoms with Crippen LogP contribution in [-0.2, 0) is 0 Å². The van der Waals surface area contributed by atoms with Gasteiger partial charge in [0.25, 0.3) is 0 Å². The molecule has 1 unspecified atom stereocenters. The molecule has 0 saturated heterocycles. The van der Waals surface area contributed by atoms with E-state index in [0.717, 1.165) is 12.1 Å². The fraction of sp³-hybridized carbons (Fsp3) is 0.667. The zero-order chi connectivity index (χ0) is 13.8. The van der Waals surface area contributed by atoms with Crippen molar-refractivity contribution in [2.24, 2.45) is 5.92 Å². The Bertz CT molecular complexity index is 419. The van der Waals surface area contributed by atoms with Crippen LogP contribution in [0.3, 0.4) is 0 Å². The van der Waals surface area contributed by atoms with E-state index in [1.54, 1.807) is 12.1 Å². The SMILES string of the molecule is Fc1ccccc1C(CNC1CC1)C1CCCCCC1. The van der Waals surface area contributed by atoms with Crippen LogP contribution in [-0.4, -0.2) is 12.6 Å². The fourth-order valence-electron chi connectivity index (χ4n) is 3.60. The predicted octanol–water partition coefficient (Wildman–Crippen LogP) is 4.63.